The number of rotatable bonds is 6. The second kappa shape index (κ2) is 6.32. The first-order valence-electron chi connectivity index (χ1n) is 6.50. The summed E-state index contributed by atoms with van der Waals surface area (Å²) in [5.41, 5.74) is 0.856. The number of anilines is 1. The lowest BCUT2D eigenvalue weighted by Crippen LogP contribution is -1.96. The molecule has 0 bridgehead atoms. The van der Waals surface area contributed by atoms with E-state index in [1.54, 1.807) is 12.3 Å². The van der Waals surface area contributed by atoms with Crippen molar-refractivity contribution in [3.63, 3.8) is 0 Å². The Bertz CT molecular complexity index is 751. The lowest BCUT2D eigenvalue weighted by molar-refractivity contribution is 0.307. The molecule has 1 aromatic carbocycles. The molecule has 21 heavy (non-hydrogen) atoms. The molecule has 5 nitrogen and oxygen atoms in total. The van der Waals surface area contributed by atoms with Gasteiger partial charge in [0.05, 0.1) is 0 Å². The van der Waals surface area contributed by atoms with E-state index in [-0.39, 0.29) is 0 Å². The van der Waals surface area contributed by atoms with E-state index >= 15 is 0 Å². The fourth-order valence-corrected chi connectivity index (χ4v) is 2.53. The molecule has 0 fully saturated rings. The molecule has 0 saturated heterocycles. The molecule has 0 aliphatic carbocycles. The highest BCUT2D eigenvalue weighted by molar-refractivity contribution is 7.15. The molecule has 0 aliphatic heterocycles. The van der Waals surface area contributed by atoms with Crippen molar-refractivity contribution in [1.29, 1.82) is 0 Å². The number of nitrogens with zero attached hydrogens (tertiary/aromatic N) is 3. The quantitative estimate of drug-likeness (QED) is 0.708. The van der Waals surface area contributed by atoms with Crippen molar-refractivity contribution in [2.45, 2.75) is 6.61 Å². The molecule has 0 radical (unpaired) electrons. The van der Waals surface area contributed by atoms with Crippen molar-refractivity contribution in [2.75, 3.05) is 11.9 Å². The Morgan fingerprint density at radius 1 is 1.24 bits per heavy atom. The number of benzene rings is 1. The van der Waals surface area contributed by atoms with Crippen molar-refractivity contribution >= 4 is 27.4 Å². The maximum absolute atomic E-state index is 5.82. The first-order valence-corrected chi connectivity index (χ1v) is 7.32. The van der Waals surface area contributed by atoms with E-state index in [0.717, 1.165) is 26.8 Å². The summed E-state index contributed by atoms with van der Waals surface area (Å²) < 4.78 is 5.82. The minimum Gasteiger partial charge on any atom is -0.484 e. The Morgan fingerprint density at radius 3 is 3.05 bits per heavy atom. The third-order valence-electron chi connectivity index (χ3n) is 2.81. The highest BCUT2D eigenvalue weighted by atomic mass is 32.1. The molecule has 3 aromatic rings. The molecule has 0 spiro atoms. The van der Waals surface area contributed by atoms with Crippen LogP contribution >= 0.6 is 11.3 Å². The van der Waals surface area contributed by atoms with Gasteiger partial charge in [-0.3, -0.25) is 4.98 Å². The molecule has 3 rings (SSSR count). The van der Waals surface area contributed by atoms with Gasteiger partial charge in [0, 0.05) is 18.1 Å². The van der Waals surface area contributed by atoms with Gasteiger partial charge in [0.1, 0.15) is 17.9 Å². The van der Waals surface area contributed by atoms with Gasteiger partial charge < -0.3 is 10.1 Å². The van der Waals surface area contributed by atoms with Gasteiger partial charge in [-0.2, -0.15) is 0 Å². The Hall–Kier alpha value is -2.47. The molecule has 2 aromatic heterocycles. The van der Waals surface area contributed by atoms with Crippen molar-refractivity contribution < 1.29 is 4.74 Å². The summed E-state index contributed by atoms with van der Waals surface area (Å²) in [7, 11) is 0. The summed E-state index contributed by atoms with van der Waals surface area (Å²) in [6.45, 7) is 4.70. The zero-order valence-electron chi connectivity index (χ0n) is 11.3. The molecule has 1 N–H and O–H groups in total. The zero-order valence-corrected chi connectivity index (χ0v) is 12.1. The lowest BCUT2D eigenvalue weighted by atomic mass is 10.2. The summed E-state index contributed by atoms with van der Waals surface area (Å²) in [4.78, 5) is 4.36. The SMILES string of the molecule is C=CCNc1nnc(COc2cccc3cccnc23)s1. The zero-order chi connectivity index (χ0) is 14.5. The van der Waals surface area contributed by atoms with Gasteiger partial charge in [-0.05, 0) is 12.1 Å². The average molecular weight is 298 g/mol. The summed E-state index contributed by atoms with van der Waals surface area (Å²) in [5, 5.41) is 13.9. The van der Waals surface area contributed by atoms with Crippen LogP contribution in [0.3, 0.4) is 0 Å². The van der Waals surface area contributed by atoms with E-state index in [4.69, 9.17) is 4.74 Å². The van der Waals surface area contributed by atoms with Gasteiger partial charge in [-0.15, -0.1) is 16.8 Å². The van der Waals surface area contributed by atoms with Crippen molar-refractivity contribution in [3.8, 4) is 5.75 Å². The predicted molar refractivity (Wildman–Crippen MR) is 84.7 cm³/mol. The lowest BCUT2D eigenvalue weighted by Gasteiger charge is -2.06. The van der Waals surface area contributed by atoms with E-state index < -0.39 is 0 Å². The number of hydrogen-bond donors (Lipinski definition) is 1. The molecule has 106 valence electrons. The summed E-state index contributed by atoms with van der Waals surface area (Å²) in [6.07, 6.45) is 3.54. The van der Waals surface area contributed by atoms with Crippen LogP contribution in [0.1, 0.15) is 5.01 Å². The van der Waals surface area contributed by atoms with Crippen LogP contribution in [-0.4, -0.2) is 21.7 Å². The van der Waals surface area contributed by atoms with Crippen LogP contribution in [0, 0.1) is 0 Å². The number of aromatic nitrogens is 3. The number of fused-ring (bicyclic) bond motifs is 1. The monoisotopic (exact) mass is 298 g/mol. The Labute approximate surface area is 126 Å². The van der Waals surface area contributed by atoms with E-state index in [9.17, 15) is 0 Å². The minimum atomic E-state index is 0.378. The Morgan fingerprint density at radius 2 is 2.14 bits per heavy atom. The molecule has 0 aliphatic rings. The fraction of sp³-hybridized carbons (Fsp3) is 0.133. The fourth-order valence-electron chi connectivity index (χ4n) is 1.88. The van der Waals surface area contributed by atoms with Gasteiger partial charge in [0.25, 0.3) is 0 Å². The number of pyridine rings is 1. The second-order valence-corrected chi connectivity index (χ2v) is 5.35. The van der Waals surface area contributed by atoms with E-state index in [2.05, 4.69) is 27.1 Å². The maximum Gasteiger partial charge on any atom is 0.206 e. The van der Waals surface area contributed by atoms with Crippen molar-refractivity contribution in [1.82, 2.24) is 15.2 Å². The number of para-hydroxylation sites is 1. The summed E-state index contributed by atoms with van der Waals surface area (Å²) in [5.74, 6) is 0.754. The maximum atomic E-state index is 5.82. The number of ether oxygens (including phenoxy) is 1. The van der Waals surface area contributed by atoms with Gasteiger partial charge in [-0.25, -0.2) is 0 Å². The highest BCUT2D eigenvalue weighted by Crippen LogP contribution is 2.24. The van der Waals surface area contributed by atoms with Crippen LogP contribution in [0.5, 0.6) is 5.75 Å². The topological polar surface area (TPSA) is 59.9 Å². The van der Waals surface area contributed by atoms with Crippen LogP contribution in [0.15, 0.2) is 49.2 Å². The largest absolute Gasteiger partial charge is 0.484 e. The first-order chi connectivity index (χ1) is 10.4. The predicted octanol–water partition coefficient (Wildman–Crippen LogP) is 3.26. The van der Waals surface area contributed by atoms with Gasteiger partial charge in [0.15, 0.2) is 5.01 Å². The van der Waals surface area contributed by atoms with Gasteiger partial charge >= 0.3 is 0 Å². The average Bonchev–Trinajstić information content (AvgIpc) is 2.99. The van der Waals surface area contributed by atoms with Crippen molar-refractivity contribution in [3.05, 3.63) is 54.2 Å². The van der Waals surface area contributed by atoms with Gasteiger partial charge in [0.2, 0.25) is 5.13 Å². The third-order valence-corrected chi connectivity index (χ3v) is 3.67. The van der Waals surface area contributed by atoms with Crippen LogP contribution < -0.4 is 10.1 Å². The molecule has 2 heterocycles. The minimum absolute atomic E-state index is 0.378. The molecular formula is C15H14N4OS. The van der Waals surface area contributed by atoms with Crippen LogP contribution in [0.2, 0.25) is 0 Å². The molecule has 6 heteroatoms. The standard InChI is InChI=1S/C15H14N4OS/c1-2-8-17-15-19-18-13(21-15)10-20-12-7-3-5-11-6-4-9-16-14(11)12/h2-7,9H,1,8,10H2,(H,17,19). The van der Waals surface area contributed by atoms with E-state index in [1.807, 2.05) is 30.3 Å². The third kappa shape index (κ3) is 3.17. The molecular weight excluding hydrogens is 284 g/mol. The molecule has 0 atom stereocenters. The van der Waals surface area contributed by atoms with Crippen molar-refractivity contribution in [2.24, 2.45) is 0 Å². The van der Waals surface area contributed by atoms with Crippen LogP contribution in [-0.2, 0) is 6.61 Å². The van der Waals surface area contributed by atoms with Gasteiger partial charge in [-0.1, -0.05) is 35.6 Å². The summed E-state index contributed by atoms with van der Waals surface area (Å²) >= 11 is 1.47. The van der Waals surface area contributed by atoms with E-state index in [0.29, 0.717) is 13.2 Å². The first kappa shape index (κ1) is 13.5. The van der Waals surface area contributed by atoms with Crippen LogP contribution in [0.25, 0.3) is 10.9 Å². The second-order valence-electron chi connectivity index (χ2n) is 4.29. The normalized spacial score (nSPS) is 10.5. The van der Waals surface area contributed by atoms with Crippen LogP contribution in [0.4, 0.5) is 5.13 Å². The Balaban J connectivity index is 1.71. The molecule has 0 amide bonds. The smallest absolute Gasteiger partial charge is 0.206 e. The van der Waals surface area contributed by atoms with E-state index in [1.165, 1.54) is 11.3 Å². The number of hydrogen-bond acceptors (Lipinski definition) is 6. The Kier molecular flexibility index (Phi) is 4.07. The molecule has 0 unspecified atom stereocenters. The molecule has 0 saturated carbocycles. The highest BCUT2D eigenvalue weighted by Gasteiger charge is 2.07. The number of nitrogens with one attached hydrogen (secondary N) is 1. The summed E-state index contributed by atoms with van der Waals surface area (Å²) in [6, 6.07) is 9.80.